The third kappa shape index (κ3) is 5.54. The molecule has 0 heterocycles. The first-order valence-corrected chi connectivity index (χ1v) is 7.65. The Kier molecular flexibility index (Phi) is 6.29. The normalized spacial score (nSPS) is 10.0. The quantitative estimate of drug-likeness (QED) is 0.768. The molecule has 0 aliphatic heterocycles. The zero-order valence-electron chi connectivity index (χ0n) is 13.5. The van der Waals surface area contributed by atoms with Crippen LogP contribution in [0.1, 0.15) is 12.5 Å². The number of ether oxygens (including phenoxy) is 2. The number of urea groups is 1. The Morgan fingerprint density at radius 3 is 2.52 bits per heavy atom. The Morgan fingerprint density at radius 2 is 1.83 bits per heavy atom. The summed E-state index contributed by atoms with van der Waals surface area (Å²) in [5, 5.41) is 5.58. The number of benzene rings is 2. The number of nitrogens with one attached hydrogen (secondary N) is 2. The van der Waals surface area contributed by atoms with Gasteiger partial charge < -0.3 is 20.1 Å². The van der Waals surface area contributed by atoms with Crippen molar-refractivity contribution in [1.82, 2.24) is 5.32 Å². The van der Waals surface area contributed by atoms with E-state index < -0.39 is 0 Å². The lowest BCUT2D eigenvalue weighted by Gasteiger charge is -2.12. The number of para-hydroxylation sites is 1. The highest BCUT2D eigenvalue weighted by Crippen LogP contribution is 2.21. The smallest absolute Gasteiger partial charge is 0.319 e. The van der Waals surface area contributed by atoms with Crippen LogP contribution in [0.2, 0.25) is 0 Å². The minimum atomic E-state index is -0.256. The summed E-state index contributed by atoms with van der Waals surface area (Å²) >= 11 is 0. The molecule has 0 aliphatic carbocycles. The Labute approximate surface area is 136 Å². The molecular weight excluding hydrogens is 292 g/mol. The molecule has 2 rings (SSSR count). The first-order valence-electron chi connectivity index (χ1n) is 7.65. The summed E-state index contributed by atoms with van der Waals surface area (Å²) in [4.78, 5) is 11.9. The number of hydrogen-bond donors (Lipinski definition) is 2. The average Bonchev–Trinajstić information content (AvgIpc) is 2.55. The predicted molar refractivity (Wildman–Crippen MR) is 91.3 cm³/mol. The van der Waals surface area contributed by atoms with Crippen LogP contribution in [0.15, 0.2) is 48.5 Å². The van der Waals surface area contributed by atoms with Gasteiger partial charge in [-0.2, -0.15) is 0 Å². The lowest BCUT2D eigenvalue weighted by molar-refractivity contribution is 0.247. The first-order chi connectivity index (χ1) is 11.2. The second-order valence-electron chi connectivity index (χ2n) is 4.95. The van der Waals surface area contributed by atoms with Gasteiger partial charge in [0.25, 0.3) is 0 Å². The van der Waals surface area contributed by atoms with Crippen molar-refractivity contribution in [2.24, 2.45) is 0 Å². The van der Waals surface area contributed by atoms with Gasteiger partial charge in [-0.15, -0.1) is 0 Å². The maximum Gasteiger partial charge on any atom is 0.319 e. The molecule has 2 amide bonds. The molecule has 2 N–H and O–H groups in total. The van der Waals surface area contributed by atoms with E-state index in [4.69, 9.17) is 9.47 Å². The molecule has 0 atom stereocenters. The highest BCUT2D eigenvalue weighted by atomic mass is 16.5. The lowest BCUT2D eigenvalue weighted by atomic mass is 10.2. The molecule has 5 nitrogen and oxygen atoms in total. The topological polar surface area (TPSA) is 59.6 Å². The third-order valence-corrected chi connectivity index (χ3v) is 3.16. The van der Waals surface area contributed by atoms with E-state index in [-0.39, 0.29) is 6.03 Å². The summed E-state index contributed by atoms with van der Waals surface area (Å²) in [5.74, 6) is 1.59. The zero-order valence-corrected chi connectivity index (χ0v) is 13.5. The molecule has 0 bridgehead atoms. The van der Waals surface area contributed by atoms with Crippen LogP contribution >= 0.6 is 0 Å². The molecule has 0 saturated carbocycles. The van der Waals surface area contributed by atoms with Gasteiger partial charge in [-0.3, -0.25) is 0 Å². The van der Waals surface area contributed by atoms with Gasteiger partial charge in [0.2, 0.25) is 0 Å². The SMILES string of the molecule is CCOc1ccc(NC(=O)NCCOc2ccccc2)c(C)c1. The molecule has 0 radical (unpaired) electrons. The summed E-state index contributed by atoms with van der Waals surface area (Å²) in [6, 6.07) is 14.8. The molecule has 0 spiro atoms. The maximum absolute atomic E-state index is 11.9. The Morgan fingerprint density at radius 1 is 1.04 bits per heavy atom. The van der Waals surface area contributed by atoms with Crippen LogP contribution in [0.4, 0.5) is 10.5 Å². The summed E-state index contributed by atoms with van der Waals surface area (Å²) in [6.07, 6.45) is 0. The summed E-state index contributed by atoms with van der Waals surface area (Å²) in [6.45, 7) is 5.33. The molecule has 122 valence electrons. The van der Waals surface area contributed by atoms with Crippen molar-refractivity contribution in [3.8, 4) is 11.5 Å². The van der Waals surface area contributed by atoms with Crippen molar-refractivity contribution in [2.45, 2.75) is 13.8 Å². The number of hydrogen-bond acceptors (Lipinski definition) is 3. The third-order valence-electron chi connectivity index (χ3n) is 3.16. The van der Waals surface area contributed by atoms with E-state index in [1.807, 2.05) is 62.4 Å². The van der Waals surface area contributed by atoms with E-state index in [0.29, 0.717) is 19.8 Å². The Balaban J connectivity index is 1.74. The first kappa shape index (κ1) is 16.7. The fraction of sp³-hybridized carbons (Fsp3) is 0.278. The van der Waals surface area contributed by atoms with E-state index in [9.17, 15) is 4.79 Å². The molecule has 0 aliphatic rings. The fourth-order valence-electron chi connectivity index (χ4n) is 2.05. The van der Waals surface area contributed by atoms with Gasteiger partial charge in [0.1, 0.15) is 18.1 Å². The van der Waals surface area contributed by atoms with E-state index in [0.717, 1.165) is 22.7 Å². The Hall–Kier alpha value is -2.69. The van der Waals surface area contributed by atoms with Gasteiger partial charge in [0, 0.05) is 5.69 Å². The van der Waals surface area contributed by atoms with Crippen molar-refractivity contribution in [3.05, 3.63) is 54.1 Å². The molecule has 2 aromatic rings. The molecule has 5 heteroatoms. The fourth-order valence-corrected chi connectivity index (χ4v) is 2.05. The van der Waals surface area contributed by atoms with Crippen LogP contribution < -0.4 is 20.1 Å². The van der Waals surface area contributed by atoms with Crippen molar-refractivity contribution in [2.75, 3.05) is 25.1 Å². The second-order valence-corrected chi connectivity index (χ2v) is 4.95. The molecular formula is C18H22N2O3. The largest absolute Gasteiger partial charge is 0.494 e. The summed E-state index contributed by atoms with van der Waals surface area (Å²) in [7, 11) is 0. The predicted octanol–water partition coefficient (Wildman–Crippen LogP) is 3.59. The van der Waals surface area contributed by atoms with Gasteiger partial charge in [-0.25, -0.2) is 4.79 Å². The minimum absolute atomic E-state index is 0.256. The molecule has 0 saturated heterocycles. The lowest BCUT2D eigenvalue weighted by Crippen LogP contribution is -2.32. The van der Waals surface area contributed by atoms with E-state index in [1.165, 1.54) is 0 Å². The number of anilines is 1. The average molecular weight is 314 g/mol. The van der Waals surface area contributed by atoms with Crippen LogP contribution in [0.25, 0.3) is 0 Å². The van der Waals surface area contributed by atoms with Crippen LogP contribution in [0, 0.1) is 6.92 Å². The standard InChI is InChI=1S/C18H22N2O3/c1-3-22-16-9-10-17(14(2)13-16)20-18(21)19-11-12-23-15-7-5-4-6-8-15/h4-10,13H,3,11-12H2,1-2H3,(H2,19,20,21). The van der Waals surface area contributed by atoms with Gasteiger partial charge in [-0.05, 0) is 49.7 Å². The van der Waals surface area contributed by atoms with E-state index in [2.05, 4.69) is 10.6 Å². The van der Waals surface area contributed by atoms with Gasteiger partial charge in [0.15, 0.2) is 0 Å². The zero-order chi connectivity index (χ0) is 16.5. The number of amides is 2. The highest BCUT2D eigenvalue weighted by molar-refractivity contribution is 5.90. The van der Waals surface area contributed by atoms with Crippen molar-refractivity contribution in [3.63, 3.8) is 0 Å². The molecule has 0 unspecified atom stereocenters. The van der Waals surface area contributed by atoms with Crippen molar-refractivity contribution >= 4 is 11.7 Å². The molecule has 23 heavy (non-hydrogen) atoms. The van der Waals surface area contributed by atoms with Crippen molar-refractivity contribution < 1.29 is 14.3 Å². The second kappa shape index (κ2) is 8.68. The van der Waals surface area contributed by atoms with E-state index >= 15 is 0 Å². The van der Waals surface area contributed by atoms with Crippen LogP contribution in [0.5, 0.6) is 11.5 Å². The minimum Gasteiger partial charge on any atom is -0.494 e. The number of aryl methyl sites for hydroxylation is 1. The summed E-state index contributed by atoms with van der Waals surface area (Å²) in [5.41, 5.74) is 1.71. The highest BCUT2D eigenvalue weighted by Gasteiger charge is 2.05. The van der Waals surface area contributed by atoms with Crippen LogP contribution in [-0.4, -0.2) is 25.8 Å². The van der Waals surface area contributed by atoms with Crippen LogP contribution in [-0.2, 0) is 0 Å². The van der Waals surface area contributed by atoms with Gasteiger partial charge >= 0.3 is 6.03 Å². The van der Waals surface area contributed by atoms with Gasteiger partial charge in [-0.1, -0.05) is 18.2 Å². The molecule has 0 aromatic heterocycles. The van der Waals surface area contributed by atoms with Crippen LogP contribution in [0.3, 0.4) is 0 Å². The number of rotatable bonds is 7. The summed E-state index contributed by atoms with van der Waals surface area (Å²) < 4.78 is 10.9. The molecule has 2 aromatic carbocycles. The van der Waals surface area contributed by atoms with E-state index in [1.54, 1.807) is 0 Å². The van der Waals surface area contributed by atoms with Gasteiger partial charge in [0.05, 0.1) is 13.2 Å². The Bertz CT molecular complexity index is 629. The number of carbonyl (C=O) groups excluding carboxylic acids is 1. The maximum atomic E-state index is 11.9. The molecule has 0 fully saturated rings. The monoisotopic (exact) mass is 314 g/mol. The van der Waals surface area contributed by atoms with Crippen molar-refractivity contribution in [1.29, 1.82) is 0 Å². The number of carbonyl (C=O) groups is 1.